The molecule has 1 amide bonds. The van der Waals surface area contributed by atoms with Crippen LogP contribution < -0.4 is 14.8 Å². The van der Waals surface area contributed by atoms with Crippen LogP contribution in [0.1, 0.15) is 24.7 Å². The lowest BCUT2D eigenvalue weighted by Crippen LogP contribution is -2.30. The van der Waals surface area contributed by atoms with E-state index in [2.05, 4.69) is 15.0 Å². The maximum Gasteiger partial charge on any atom is 0.240 e. The van der Waals surface area contributed by atoms with Crippen molar-refractivity contribution in [1.82, 2.24) is 19.6 Å². The monoisotopic (exact) mass is 460 g/mol. The third-order valence-corrected chi connectivity index (χ3v) is 6.15. The van der Waals surface area contributed by atoms with Crippen LogP contribution in [0.3, 0.4) is 0 Å². The Bertz CT molecular complexity index is 1180. The molecule has 170 valence electrons. The van der Waals surface area contributed by atoms with Gasteiger partial charge in [0.2, 0.25) is 15.9 Å². The van der Waals surface area contributed by atoms with Gasteiger partial charge >= 0.3 is 0 Å². The highest BCUT2D eigenvalue weighted by Crippen LogP contribution is 2.17. The normalized spacial score (nSPS) is 11.3. The van der Waals surface area contributed by atoms with Gasteiger partial charge in [-0.2, -0.15) is 0 Å². The highest BCUT2D eigenvalue weighted by molar-refractivity contribution is 7.89. The molecule has 0 aliphatic carbocycles. The summed E-state index contributed by atoms with van der Waals surface area (Å²) in [7, 11) is -3.73. The average Bonchev–Trinajstić information content (AvgIpc) is 3.18. The number of sulfonamides is 1. The maximum absolute atomic E-state index is 14.4. The van der Waals surface area contributed by atoms with Crippen LogP contribution in [0.5, 0.6) is 5.75 Å². The fraction of sp³-hybridized carbons (Fsp3) is 0.273. The number of nitrogens with zero attached hydrogens (tertiary/aromatic N) is 2. The van der Waals surface area contributed by atoms with Crippen molar-refractivity contribution in [2.45, 2.75) is 31.7 Å². The minimum Gasteiger partial charge on any atom is -0.494 e. The summed E-state index contributed by atoms with van der Waals surface area (Å²) in [4.78, 5) is 16.2. The zero-order valence-electron chi connectivity index (χ0n) is 17.8. The number of nitrogens with one attached hydrogen (secondary N) is 2. The van der Waals surface area contributed by atoms with Crippen LogP contribution in [0.4, 0.5) is 4.39 Å². The van der Waals surface area contributed by atoms with Crippen molar-refractivity contribution in [1.29, 1.82) is 0 Å². The van der Waals surface area contributed by atoms with Crippen LogP contribution in [-0.2, 0) is 21.4 Å². The van der Waals surface area contributed by atoms with Gasteiger partial charge < -0.3 is 14.6 Å². The standard InChI is InChI=1S/C22H25FN4O4S/c1-3-31-18-5-7-19(8-6-18)32(29,30)26-11-10-22(28)25-15-17-4-9-21(20(23)14-17)27-13-12-24-16(27)2/h4-9,12-14,26H,3,10-11,15H2,1-2H3,(H,25,28). The SMILES string of the molecule is CCOc1ccc(S(=O)(=O)NCCC(=O)NCc2ccc(-n3ccnc3C)c(F)c2)cc1. The Morgan fingerprint density at radius 3 is 2.56 bits per heavy atom. The van der Waals surface area contributed by atoms with Crippen molar-refractivity contribution in [3.05, 3.63) is 72.1 Å². The second kappa shape index (κ2) is 10.4. The van der Waals surface area contributed by atoms with Crippen LogP contribution in [-0.4, -0.2) is 37.0 Å². The molecular formula is C22H25FN4O4S. The largest absolute Gasteiger partial charge is 0.494 e. The number of amides is 1. The van der Waals surface area contributed by atoms with Gasteiger partial charge in [-0.3, -0.25) is 4.79 Å². The number of benzene rings is 2. The number of aryl methyl sites for hydroxylation is 1. The number of imidazole rings is 1. The van der Waals surface area contributed by atoms with Crippen LogP contribution in [0.2, 0.25) is 0 Å². The van der Waals surface area contributed by atoms with E-state index in [1.54, 1.807) is 48.1 Å². The lowest BCUT2D eigenvalue weighted by molar-refractivity contribution is -0.121. The van der Waals surface area contributed by atoms with Gasteiger partial charge in [0.05, 0.1) is 17.2 Å². The number of hydrogen-bond donors (Lipinski definition) is 2. The summed E-state index contributed by atoms with van der Waals surface area (Å²) < 4.78 is 48.4. The smallest absolute Gasteiger partial charge is 0.240 e. The third kappa shape index (κ3) is 5.92. The van der Waals surface area contributed by atoms with Gasteiger partial charge in [0, 0.05) is 31.9 Å². The topological polar surface area (TPSA) is 102 Å². The summed E-state index contributed by atoms with van der Waals surface area (Å²) in [6.07, 6.45) is 3.21. The van der Waals surface area contributed by atoms with Gasteiger partial charge in [0.15, 0.2) is 0 Å². The zero-order chi connectivity index (χ0) is 23.1. The molecule has 32 heavy (non-hydrogen) atoms. The van der Waals surface area contributed by atoms with E-state index >= 15 is 0 Å². The van der Waals surface area contributed by atoms with Crippen LogP contribution in [0.25, 0.3) is 5.69 Å². The van der Waals surface area contributed by atoms with Crippen molar-refractivity contribution >= 4 is 15.9 Å². The molecule has 2 N–H and O–H groups in total. The molecule has 1 heterocycles. The van der Waals surface area contributed by atoms with Gasteiger partial charge in [0.25, 0.3) is 0 Å². The lowest BCUT2D eigenvalue weighted by Gasteiger charge is -2.10. The van der Waals surface area contributed by atoms with Crippen molar-refractivity contribution in [3.8, 4) is 11.4 Å². The van der Waals surface area contributed by atoms with E-state index in [4.69, 9.17) is 4.74 Å². The molecule has 0 aliphatic rings. The molecule has 8 nitrogen and oxygen atoms in total. The quantitative estimate of drug-likeness (QED) is 0.484. The number of aromatic nitrogens is 2. The minimum atomic E-state index is -3.73. The molecule has 0 spiro atoms. The van der Waals surface area contributed by atoms with Crippen molar-refractivity contribution in [2.75, 3.05) is 13.2 Å². The van der Waals surface area contributed by atoms with E-state index in [-0.39, 0.29) is 30.3 Å². The summed E-state index contributed by atoms with van der Waals surface area (Å²) in [5, 5.41) is 2.66. The number of rotatable bonds is 10. The second-order valence-corrected chi connectivity index (χ2v) is 8.73. The number of carbonyl (C=O) groups excluding carboxylic acids is 1. The Hall–Kier alpha value is -3.24. The fourth-order valence-corrected chi connectivity index (χ4v) is 4.07. The van der Waals surface area contributed by atoms with E-state index in [1.165, 1.54) is 18.2 Å². The van der Waals surface area contributed by atoms with Gasteiger partial charge in [-0.15, -0.1) is 0 Å². The highest BCUT2D eigenvalue weighted by Gasteiger charge is 2.14. The summed E-state index contributed by atoms with van der Waals surface area (Å²) >= 11 is 0. The Kier molecular flexibility index (Phi) is 7.60. The molecule has 0 atom stereocenters. The molecule has 1 aromatic heterocycles. The Morgan fingerprint density at radius 1 is 1.19 bits per heavy atom. The van der Waals surface area contributed by atoms with Crippen molar-refractivity contribution < 1.29 is 22.3 Å². The lowest BCUT2D eigenvalue weighted by atomic mass is 10.2. The molecule has 0 radical (unpaired) electrons. The summed E-state index contributed by atoms with van der Waals surface area (Å²) in [5.41, 5.74) is 0.964. The first-order chi connectivity index (χ1) is 15.3. The molecule has 0 saturated carbocycles. The minimum absolute atomic E-state index is 0.0505. The first-order valence-electron chi connectivity index (χ1n) is 10.1. The molecule has 0 saturated heterocycles. The van der Waals surface area contributed by atoms with E-state index in [0.717, 1.165) is 0 Å². The highest BCUT2D eigenvalue weighted by atomic mass is 32.2. The van der Waals surface area contributed by atoms with Crippen molar-refractivity contribution in [3.63, 3.8) is 0 Å². The Labute approximate surface area is 186 Å². The Morgan fingerprint density at radius 2 is 1.94 bits per heavy atom. The van der Waals surface area contributed by atoms with E-state index in [9.17, 15) is 17.6 Å². The summed E-state index contributed by atoms with van der Waals surface area (Å²) in [6.45, 7) is 4.17. The van der Waals surface area contributed by atoms with E-state index in [1.807, 2.05) is 6.92 Å². The van der Waals surface area contributed by atoms with E-state index in [0.29, 0.717) is 29.4 Å². The number of hydrogen-bond acceptors (Lipinski definition) is 5. The fourth-order valence-electron chi connectivity index (χ4n) is 3.04. The molecule has 0 unspecified atom stereocenters. The van der Waals surface area contributed by atoms with Crippen LogP contribution >= 0.6 is 0 Å². The molecule has 0 bridgehead atoms. The predicted molar refractivity (Wildman–Crippen MR) is 118 cm³/mol. The molecule has 3 aromatic rings. The number of halogens is 1. The van der Waals surface area contributed by atoms with Crippen LogP contribution in [0, 0.1) is 12.7 Å². The predicted octanol–water partition coefficient (Wildman–Crippen LogP) is 2.70. The molecule has 10 heteroatoms. The van der Waals surface area contributed by atoms with Gasteiger partial charge in [-0.25, -0.2) is 22.5 Å². The van der Waals surface area contributed by atoms with Crippen LogP contribution in [0.15, 0.2) is 59.8 Å². The average molecular weight is 461 g/mol. The summed E-state index contributed by atoms with van der Waals surface area (Å²) in [5.74, 6) is 0.461. The third-order valence-electron chi connectivity index (χ3n) is 4.68. The molecule has 3 rings (SSSR count). The molecule has 2 aromatic carbocycles. The number of ether oxygens (including phenoxy) is 1. The zero-order valence-corrected chi connectivity index (χ0v) is 18.7. The van der Waals surface area contributed by atoms with E-state index < -0.39 is 15.8 Å². The molecular weight excluding hydrogens is 435 g/mol. The second-order valence-electron chi connectivity index (χ2n) is 6.96. The van der Waals surface area contributed by atoms with Gasteiger partial charge in [0.1, 0.15) is 17.4 Å². The molecule has 0 fully saturated rings. The Balaban J connectivity index is 1.48. The number of carbonyl (C=O) groups is 1. The first kappa shape index (κ1) is 23.4. The van der Waals surface area contributed by atoms with Crippen molar-refractivity contribution in [2.24, 2.45) is 0 Å². The first-order valence-corrected chi connectivity index (χ1v) is 11.6. The van der Waals surface area contributed by atoms with Gasteiger partial charge in [-0.05, 0) is 55.8 Å². The maximum atomic E-state index is 14.4. The molecule has 0 aliphatic heterocycles. The van der Waals surface area contributed by atoms with Gasteiger partial charge in [-0.1, -0.05) is 6.07 Å². The summed E-state index contributed by atoms with van der Waals surface area (Å²) in [6, 6.07) is 10.7.